The van der Waals surface area contributed by atoms with E-state index in [1.165, 1.54) is 0 Å². The van der Waals surface area contributed by atoms with Gasteiger partial charge in [0.25, 0.3) is 0 Å². The Morgan fingerprint density at radius 2 is 2.06 bits per heavy atom. The minimum atomic E-state index is -3.48. The van der Waals surface area contributed by atoms with Crippen molar-refractivity contribution in [3.63, 3.8) is 0 Å². The standard InChI is InChI=1S/C10H18BrN3O2S/c1-7(5-6-11)13-17(15,16)10-8(2)12-14(4)9(10)3/h7,13H,5-6H2,1-4H3. The molecule has 17 heavy (non-hydrogen) atoms. The SMILES string of the molecule is Cc1nn(C)c(C)c1S(=O)(=O)NC(C)CCBr. The molecule has 0 saturated heterocycles. The van der Waals surface area contributed by atoms with E-state index in [0.29, 0.717) is 16.3 Å². The number of alkyl halides is 1. The number of aromatic nitrogens is 2. The quantitative estimate of drug-likeness (QED) is 0.835. The van der Waals surface area contributed by atoms with Gasteiger partial charge in [-0.1, -0.05) is 15.9 Å². The van der Waals surface area contributed by atoms with Gasteiger partial charge in [0.15, 0.2) is 0 Å². The zero-order valence-electron chi connectivity index (χ0n) is 10.5. The lowest BCUT2D eigenvalue weighted by molar-refractivity contribution is 0.556. The monoisotopic (exact) mass is 323 g/mol. The van der Waals surface area contributed by atoms with Crippen LogP contribution in [0.15, 0.2) is 4.90 Å². The van der Waals surface area contributed by atoms with Crippen LogP contribution >= 0.6 is 15.9 Å². The van der Waals surface area contributed by atoms with Gasteiger partial charge in [0.2, 0.25) is 10.0 Å². The molecule has 1 atom stereocenters. The molecular weight excluding hydrogens is 306 g/mol. The second-order valence-electron chi connectivity index (χ2n) is 4.12. The molecule has 0 fully saturated rings. The first-order valence-corrected chi connectivity index (χ1v) is 7.98. The summed E-state index contributed by atoms with van der Waals surface area (Å²) in [6, 6.07) is -0.0987. The van der Waals surface area contributed by atoms with Gasteiger partial charge in [-0.3, -0.25) is 4.68 Å². The first kappa shape index (κ1) is 14.7. The van der Waals surface area contributed by atoms with Gasteiger partial charge >= 0.3 is 0 Å². The Labute approximate surface area is 111 Å². The highest BCUT2D eigenvalue weighted by Crippen LogP contribution is 2.18. The van der Waals surface area contributed by atoms with E-state index in [-0.39, 0.29) is 6.04 Å². The van der Waals surface area contributed by atoms with Crippen LogP contribution in [0.3, 0.4) is 0 Å². The zero-order chi connectivity index (χ0) is 13.2. The molecule has 0 bridgehead atoms. The normalized spacial score (nSPS) is 13.9. The minimum absolute atomic E-state index is 0.0987. The van der Waals surface area contributed by atoms with Crippen molar-refractivity contribution in [1.82, 2.24) is 14.5 Å². The molecule has 0 aliphatic heterocycles. The predicted molar refractivity (Wildman–Crippen MR) is 70.9 cm³/mol. The fourth-order valence-electron chi connectivity index (χ4n) is 1.69. The number of nitrogens with one attached hydrogen (secondary N) is 1. The molecule has 5 nitrogen and oxygen atoms in total. The molecule has 1 aromatic heterocycles. The average Bonchev–Trinajstić information content (AvgIpc) is 2.40. The van der Waals surface area contributed by atoms with Crippen LogP contribution in [0.25, 0.3) is 0 Å². The van der Waals surface area contributed by atoms with Crippen LogP contribution in [-0.4, -0.2) is 29.6 Å². The highest BCUT2D eigenvalue weighted by atomic mass is 79.9. The third-order valence-electron chi connectivity index (χ3n) is 2.61. The largest absolute Gasteiger partial charge is 0.271 e. The van der Waals surface area contributed by atoms with Crippen LogP contribution in [0.1, 0.15) is 24.7 Å². The van der Waals surface area contributed by atoms with E-state index in [9.17, 15) is 8.42 Å². The van der Waals surface area contributed by atoms with Crippen molar-refractivity contribution in [1.29, 1.82) is 0 Å². The van der Waals surface area contributed by atoms with E-state index in [1.807, 2.05) is 6.92 Å². The lowest BCUT2D eigenvalue weighted by atomic mass is 10.3. The summed E-state index contributed by atoms with van der Waals surface area (Å²) in [4.78, 5) is 0.293. The number of sulfonamides is 1. The van der Waals surface area contributed by atoms with Crippen LogP contribution in [0.4, 0.5) is 0 Å². The number of hydrogen-bond acceptors (Lipinski definition) is 3. The van der Waals surface area contributed by atoms with Crippen LogP contribution in [0.5, 0.6) is 0 Å². The van der Waals surface area contributed by atoms with Crippen molar-refractivity contribution >= 4 is 26.0 Å². The minimum Gasteiger partial charge on any atom is -0.271 e. The second kappa shape index (κ2) is 5.49. The molecule has 0 aliphatic rings. The van der Waals surface area contributed by atoms with Gasteiger partial charge in [0.1, 0.15) is 4.90 Å². The van der Waals surface area contributed by atoms with Crippen LogP contribution in [0, 0.1) is 13.8 Å². The maximum atomic E-state index is 12.2. The smallest absolute Gasteiger partial charge is 0.244 e. The summed E-state index contributed by atoms with van der Waals surface area (Å²) in [6.07, 6.45) is 0.748. The third-order valence-corrected chi connectivity index (χ3v) is 4.91. The van der Waals surface area contributed by atoms with E-state index in [4.69, 9.17) is 0 Å². The first-order valence-electron chi connectivity index (χ1n) is 5.38. The summed E-state index contributed by atoms with van der Waals surface area (Å²) in [5, 5.41) is 4.88. The lowest BCUT2D eigenvalue weighted by Gasteiger charge is -2.13. The summed E-state index contributed by atoms with van der Waals surface area (Å²) in [5.41, 5.74) is 1.18. The Hall–Kier alpha value is -0.400. The molecule has 1 heterocycles. The predicted octanol–water partition coefficient (Wildman–Crippen LogP) is 1.49. The van der Waals surface area contributed by atoms with Crippen molar-refractivity contribution in [2.24, 2.45) is 7.05 Å². The number of aryl methyl sites for hydroxylation is 2. The molecule has 7 heteroatoms. The van der Waals surface area contributed by atoms with E-state index in [1.54, 1.807) is 25.6 Å². The average molecular weight is 324 g/mol. The number of nitrogens with zero attached hydrogens (tertiary/aromatic N) is 2. The maximum absolute atomic E-state index is 12.2. The summed E-state index contributed by atoms with van der Waals surface area (Å²) in [5.74, 6) is 0. The van der Waals surface area contributed by atoms with Gasteiger partial charge in [0.05, 0.1) is 11.4 Å². The van der Waals surface area contributed by atoms with Gasteiger partial charge < -0.3 is 0 Å². The number of halogens is 1. The van der Waals surface area contributed by atoms with Gasteiger partial charge in [-0.05, 0) is 27.2 Å². The summed E-state index contributed by atoms with van der Waals surface area (Å²) in [7, 11) is -1.74. The Morgan fingerprint density at radius 3 is 2.47 bits per heavy atom. The third kappa shape index (κ3) is 3.29. The fourth-order valence-corrected chi connectivity index (χ4v) is 4.09. The lowest BCUT2D eigenvalue weighted by Crippen LogP contribution is -2.33. The van der Waals surface area contributed by atoms with Crippen LogP contribution in [0.2, 0.25) is 0 Å². The highest BCUT2D eigenvalue weighted by Gasteiger charge is 2.24. The van der Waals surface area contributed by atoms with E-state index < -0.39 is 10.0 Å². The van der Waals surface area contributed by atoms with Crippen molar-refractivity contribution in [2.45, 2.75) is 38.1 Å². The maximum Gasteiger partial charge on any atom is 0.244 e. The molecule has 98 valence electrons. The molecule has 1 aromatic rings. The van der Waals surface area contributed by atoms with E-state index >= 15 is 0 Å². The summed E-state index contributed by atoms with van der Waals surface area (Å²) in [6.45, 7) is 5.31. The molecule has 0 aromatic carbocycles. The van der Waals surface area contributed by atoms with Crippen molar-refractivity contribution < 1.29 is 8.42 Å². The van der Waals surface area contributed by atoms with Gasteiger partial charge in [0, 0.05) is 18.4 Å². The topological polar surface area (TPSA) is 64.0 Å². The molecule has 0 aliphatic carbocycles. The second-order valence-corrected chi connectivity index (χ2v) is 6.57. The molecule has 0 amide bonds. The van der Waals surface area contributed by atoms with E-state index in [0.717, 1.165) is 11.8 Å². The zero-order valence-corrected chi connectivity index (χ0v) is 12.9. The Bertz CT molecular complexity index is 496. The molecule has 1 N–H and O–H groups in total. The Morgan fingerprint density at radius 1 is 1.47 bits per heavy atom. The fraction of sp³-hybridized carbons (Fsp3) is 0.700. The molecule has 1 rings (SSSR count). The Kier molecular flexibility index (Phi) is 4.74. The van der Waals surface area contributed by atoms with Crippen LogP contribution in [-0.2, 0) is 17.1 Å². The first-order chi connectivity index (χ1) is 7.79. The van der Waals surface area contributed by atoms with Crippen molar-refractivity contribution in [3.05, 3.63) is 11.4 Å². The molecule has 1 unspecified atom stereocenters. The molecule has 0 spiro atoms. The van der Waals surface area contributed by atoms with Crippen molar-refractivity contribution in [3.8, 4) is 0 Å². The van der Waals surface area contributed by atoms with Gasteiger partial charge in [-0.15, -0.1) is 0 Å². The van der Waals surface area contributed by atoms with Gasteiger partial charge in [-0.25, -0.2) is 13.1 Å². The molecule has 0 saturated carbocycles. The number of rotatable bonds is 5. The molecular formula is C10H18BrN3O2S. The Balaban J connectivity index is 3.05. The number of hydrogen-bond donors (Lipinski definition) is 1. The van der Waals surface area contributed by atoms with Crippen molar-refractivity contribution in [2.75, 3.05) is 5.33 Å². The van der Waals surface area contributed by atoms with E-state index in [2.05, 4.69) is 25.8 Å². The van der Waals surface area contributed by atoms with Gasteiger partial charge in [-0.2, -0.15) is 5.10 Å². The summed E-state index contributed by atoms with van der Waals surface area (Å²) < 4.78 is 28.6. The molecule has 0 radical (unpaired) electrons. The summed E-state index contributed by atoms with van der Waals surface area (Å²) >= 11 is 3.30. The highest BCUT2D eigenvalue weighted by molar-refractivity contribution is 9.09. The van der Waals surface area contributed by atoms with Crippen LogP contribution < -0.4 is 4.72 Å².